The zero-order chi connectivity index (χ0) is 15.3. The zero-order valence-corrected chi connectivity index (χ0v) is 12.5. The summed E-state index contributed by atoms with van der Waals surface area (Å²) in [5.41, 5.74) is 3.09. The summed E-state index contributed by atoms with van der Waals surface area (Å²) in [4.78, 5) is 11.3. The maximum atomic E-state index is 11.8. The van der Waals surface area contributed by atoms with Crippen LogP contribution in [0.3, 0.4) is 0 Å². The van der Waals surface area contributed by atoms with Crippen molar-refractivity contribution in [3.63, 3.8) is 0 Å². The van der Waals surface area contributed by atoms with Crippen LogP contribution in [0.15, 0.2) is 48.9 Å². The SMILES string of the molecule is Cn1ccc2c(-c3cnn(C4=CC(=O)NS4=O)c3)cccc21. The van der Waals surface area contributed by atoms with Gasteiger partial charge in [-0.25, -0.2) is 8.89 Å². The maximum absolute atomic E-state index is 11.8. The van der Waals surface area contributed by atoms with Gasteiger partial charge in [-0.15, -0.1) is 0 Å². The summed E-state index contributed by atoms with van der Waals surface area (Å²) < 4.78 is 17.7. The third-order valence-electron chi connectivity index (χ3n) is 3.69. The van der Waals surface area contributed by atoms with Crippen molar-refractivity contribution in [2.24, 2.45) is 7.05 Å². The van der Waals surface area contributed by atoms with Crippen LogP contribution in [0.25, 0.3) is 27.1 Å². The number of aromatic nitrogens is 3. The molecular weight excluding hydrogens is 300 g/mol. The Balaban J connectivity index is 1.83. The zero-order valence-electron chi connectivity index (χ0n) is 11.7. The molecule has 3 heterocycles. The maximum Gasteiger partial charge on any atom is 0.258 e. The molecule has 0 radical (unpaired) electrons. The normalized spacial score (nSPS) is 17.8. The molecule has 4 rings (SSSR count). The number of fused-ring (bicyclic) bond motifs is 1. The van der Waals surface area contributed by atoms with Gasteiger partial charge in [0.05, 0.1) is 6.20 Å². The number of nitrogens with one attached hydrogen (secondary N) is 1. The number of aryl methyl sites for hydroxylation is 1. The standard InChI is InChI=1S/C15H12N4O2S/c1-18-6-5-12-11(3-2-4-13(12)18)10-8-16-19(9-10)15-7-14(20)17-22(15)21/h2-9H,1H3,(H,17,20). The van der Waals surface area contributed by atoms with E-state index in [1.54, 1.807) is 12.4 Å². The van der Waals surface area contributed by atoms with Crippen molar-refractivity contribution < 1.29 is 9.00 Å². The van der Waals surface area contributed by atoms with Crippen LogP contribution in [0.5, 0.6) is 0 Å². The minimum absolute atomic E-state index is 0.344. The quantitative estimate of drug-likeness (QED) is 0.782. The Morgan fingerprint density at radius 2 is 2.14 bits per heavy atom. The largest absolute Gasteiger partial charge is 0.351 e. The average molecular weight is 312 g/mol. The summed E-state index contributed by atoms with van der Waals surface area (Å²) in [6, 6.07) is 8.13. The molecule has 22 heavy (non-hydrogen) atoms. The van der Waals surface area contributed by atoms with Crippen molar-refractivity contribution in [3.8, 4) is 11.1 Å². The highest BCUT2D eigenvalue weighted by atomic mass is 32.2. The van der Waals surface area contributed by atoms with Crippen LogP contribution >= 0.6 is 0 Å². The van der Waals surface area contributed by atoms with E-state index < -0.39 is 11.0 Å². The molecule has 110 valence electrons. The van der Waals surface area contributed by atoms with Gasteiger partial charge in [-0.2, -0.15) is 5.10 Å². The first-order valence-electron chi connectivity index (χ1n) is 6.67. The molecule has 3 aromatic rings. The van der Waals surface area contributed by atoms with Gasteiger partial charge in [-0.05, 0) is 17.7 Å². The number of carbonyl (C=O) groups excluding carboxylic acids is 1. The van der Waals surface area contributed by atoms with E-state index in [4.69, 9.17) is 0 Å². The van der Waals surface area contributed by atoms with Gasteiger partial charge >= 0.3 is 0 Å². The molecule has 0 spiro atoms. The fourth-order valence-electron chi connectivity index (χ4n) is 2.63. The second kappa shape index (κ2) is 4.67. The van der Waals surface area contributed by atoms with Crippen LogP contribution in [-0.4, -0.2) is 24.5 Å². The predicted molar refractivity (Wildman–Crippen MR) is 84.7 cm³/mol. The highest BCUT2D eigenvalue weighted by Gasteiger charge is 2.22. The molecule has 1 N–H and O–H groups in total. The lowest BCUT2D eigenvalue weighted by Crippen LogP contribution is -2.17. The Bertz CT molecular complexity index is 967. The van der Waals surface area contributed by atoms with Crippen LogP contribution in [0.1, 0.15) is 0 Å². The summed E-state index contributed by atoms with van der Waals surface area (Å²) >= 11 is 0. The number of hydrogen-bond donors (Lipinski definition) is 1. The van der Waals surface area contributed by atoms with Crippen molar-refractivity contribution in [1.29, 1.82) is 0 Å². The van der Waals surface area contributed by atoms with Crippen LogP contribution < -0.4 is 4.72 Å². The minimum atomic E-state index is -1.55. The summed E-state index contributed by atoms with van der Waals surface area (Å²) in [7, 11) is 0.449. The summed E-state index contributed by atoms with van der Waals surface area (Å²) in [6.45, 7) is 0. The van der Waals surface area contributed by atoms with Gasteiger partial charge in [0.15, 0.2) is 16.0 Å². The molecule has 1 unspecified atom stereocenters. The number of rotatable bonds is 2. The Hall–Kier alpha value is -2.67. The van der Waals surface area contributed by atoms with E-state index in [1.165, 1.54) is 10.8 Å². The molecule has 0 saturated heterocycles. The third kappa shape index (κ3) is 1.90. The molecule has 1 aliphatic rings. The van der Waals surface area contributed by atoms with Crippen molar-refractivity contribution in [3.05, 3.63) is 48.9 Å². The smallest absolute Gasteiger partial charge is 0.258 e. The van der Waals surface area contributed by atoms with Crippen molar-refractivity contribution in [2.75, 3.05) is 0 Å². The molecule has 1 aliphatic heterocycles. The first kappa shape index (κ1) is 13.0. The number of benzene rings is 1. The second-order valence-corrected chi connectivity index (χ2v) is 6.22. The molecule has 0 saturated carbocycles. The Labute approximate surface area is 128 Å². The second-order valence-electron chi connectivity index (χ2n) is 5.06. The topological polar surface area (TPSA) is 68.9 Å². The van der Waals surface area contributed by atoms with Gasteiger partial charge in [0.2, 0.25) is 0 Å². The first-order valence-corrected chi connectivity index (χ1v) is 7.82. The number of amides is 1. The summed E-state index contributed by atoms with van der Waals surface area (Å²) in [6.07, 6.45) is 6.81. The summed E-state index contributed by atoms with van der Waals surface area (Å²) in [5.74, 6) is -0.365. The average Bonchev–Trinajstić information content (AvgIpc) is 3.19. The van der Waals surface area contributed by atoms with E-state index in [0.717, 1.165) is 22.0 Å². The van der Waals surface area contributed by atoms with Gasteiger partial charge in [0.25, 0.3) is 5.91 Å². The first-order chi connectivity index (χ1) is 10.6. The lowest BCUT2D eigenvalue weighted by Gasteiger charge is -2.02. The number of carbonyl (C=O) groups is 1. The minimum Gasteiger partial charge on any atom is -0.351 e. The van der Waals surface area contributed by atoms with Crippen molar-refractivity contribution in [1.82, 2.24) is 19.1 Å². The van der Waals surface area contributed by atoms with E-state index in [-0.39, 0.29) is 5.91 Å². The Morgan fingerprint density at radius 1 is 1.27 bits per heavy atom. The van der Waals surface area contributed by atoms with Gasteiger partial charge in [0, 0.05) is 42.0 Å². The molecule has 1 amide bonds. The summed E-state index contributed by atoms with van der Waals surface area (Å²) in [5, 5.41) is 5.70. The van der Waals surface area contributed by atoms with Crippen molar-refractivity contribution in [2.45, 2.75) is 0 Å². The molecule has 6 nitrogen and oxygen atoms in total. The van der Waals surface area contributed by atoms with E-state index >= 15 is 0 Å². The fourth-order valence-corrected chi connectivity index (χ4v) is 3.46. The van der Waals surface area contributed by atoms with Crippen LogP contribution in [-0.2, 0) is 22.8 Å². The van der Waals surface area contributed by atoms with E-state index in [0.29, 0.717) is 5.03 Å². The highest BCUT2D eigenvalue weighted by Crippen LogP contribution is 2.29. The highest BCUT2D eigenvalue weighted by molar-refractivity contribution is 7.93. The lowest BCUT2D eigenvalue weighted by atomic mass is 10.1. The molecule has 0 aliphatic carbocycles. The Kier molecular flexibility index (Phi) is 2.77. The van der Waals surface area contributed by atoms with E-state index in [2.05, 4.69) is 26.5 Å². The molecule has 7 heteroatoms. The van der Waals surface area contributed by atoms with Crippen LogP contribution in [0.4, 0.5) is 0 Å². The van der Waals surface area contributed by atoms with Gasteiger partial charge in [-0.1, -0.05) is 12.1 Å². The van der Waals surface area contributed by atoms with Crippen LogP contribution in [0.2, 0.25) is 0 Å². The monoisotopic (exact) mass is 312 g/mol. The van der Waals surface area contributed by atoms with Gasteiger partial charge in [-0.3, -0.25) is 9.52 Å². The molecule has 0 bridgehead atoms. The van der Waals surface area contributed by atoms with Crippen molar-refractivity contribution >= 4 is 32.8 Å². The molecule has 1 atom stereocenters. The molecular formula is C15H12N4O2S. The van der Waals surface area contributed by atoms with Gasteiger partial charge in [0.1, 0.15) is 0 Å². The molecule has 0 fully saturated rings. The lowest BCUT2D eigenvalue weighted by molar-refractivity contribution is -0.114. The molecule has 1 aromatic carbocycles. The molecule has 2 aromatic heterocycles. The number of hydrogen-bond acceptors (Lipinski definition) is 3. The van der Waals surface area contributed by atoms with E-state index in [1.807, 2.05) is 25.4 Å². The van der Waals surface area contributed by atoms with E-state index in [9.17, 15) is 9.00 Å². The predicted octanol–water partition coefficient (Wildman–Crippen LogP) is 1.63. The van der Waals surface area contributed by atoms with Gasteiger partial charge < -0.3 is 4.57 Å². The van der Waals surface area contributed by atoms with Crippen LogP contribution in [0, 0.1) is 0 Å². The number of nitrogens with zero attached hydrogens (tertiary/aromatic N) is 3. The third-order valence-corrected chi connectivity index (χ3v) is 4.76. The Morgan fingerprint density at radius 3 is 2.91 bits per heavy atom. The fraction of sp³-hybridized carbons (Fsp3) is 0.0667.